The molecule has 2 aromatic carbocycles. The SMILES string of the molecule is O=C(NCc1cc([N+](=O)[O-])ccc1O)c1cnn(Cc2ccccc2Cl)c1. The summed E-state index contributed by atoms with van der Waals surface area (Å²) in [5.74, 6) is -0.540. The molecule has 0 saturated carbocycles. The molecule has 2 N–H and O–H groups in total. The number of aromatic nitrogens is 2. The second kappa shape index (κ2) is 7.88. The number of carbonyl (C=O) groups is 1. The van der Waals surface area contributed by atoms with Crippen LogP contribution in [0, 0.1) is 10.1 Å². The number of nitrogens with zero attached hydrogens (tertiary/aromatic N) is 3. The second-order valence-electron chi connectivity index (χ2n) is 5.77. The zero-order valence-electron chi connectivity index (χ0n) is 14.0. The smallest absolute Gasteiger partial charge is 0.270 e. The highest BCUT2D eigenvalue weighted by Gasteiger charge is 2.13. The lowest BCUT2D eigenvalue weighted by Crippen LogP contribution is -2.22. The monoisotopic (exact) mass is 386 g/mol. The number of nitrogens with one attached hydrogen (secondary N) is 1. The van der Waals surface area contributed by atoms with E-state index in [1.807, 2.05) is 18.2 Å². The van der Waals surface area contributed by atoms with Crippen LogP contribution in [0.15, 0.2) is 54.9 Å². The zero-order chi connectivity index (χ0) is 19.4. The number of aromatic hydroxyl groups is 1. The molecule has 138 valence electrons. The van der Waals surface area contributed by atoms with Crippen molar-refractivity contribution in [2.24, 2.45) is 0 Å². The Morgan fingerprint density at radius 2 is 2.04 bits per heavy atom. The predicted molar refractivity (Wildman–Crippen MR) is 98.7 cm³/mol. The summed E-state index contributed by atoms with van der Waals surface area (Å²) in [6.45, 7) is 0.362. The average molecular weight is 387 g/mol. The molecular formula is C18H15ClN4O4. The van der Waals surface area contributed by atoms with Crippen molar-refractivity contribution in [2.75, 3.05) is 0 Å². The Morgan fingerprint density at radius 1 is 1.26 bits per heavy atom. The van der Waals surface area contributed by atoms with Crippen molar-refractivity contribution >= 4 is 23.2 Å². The van der Waals surface area contributed by atoms with Gasteiger partial charge in [0.2, 0.25) is 0 Å². The van der Waals surface area contributed by atoms with Crippen LogP contribution >= 0.6 is 11.6 Å². The number of amides is 1. The van der Waals surface area contributed by atoms with E-state index in [1.165, 1.54) is 24.4 Å². The van der Waals surface area contributed by atoms with Crippen LogP contribution in [0.4, 0.5) is 5.69 Å². The van der Waals surface area contributed by atoms with Crippen molar-refractivity contribution in [3.05, 3.63) is 86.7 Å². The molecule has 1 amide bonds. The Morgan fingerprint density at radius 3 is 2.78 bits per heavy atom. The van der Waals surface area contributed by atoms with Crippen LogP contribution in [0.2, 0.25) is 5.02 Å². The zero-order valence-corrected chi connectivity index (χ0v) is 14.8. The van der Waals surface area contributed by atoms with Crippen LogP contribution < -0.4 is 5.32 Å². The topological polar surface area (TPSA) is 110 Å². The van der Waals surface area contributed by atoms with E-state index in [9.17, 15) is 20.0 Å². The first-order valence-corrected chi connectivity index (χ1v) is 8.32. The highest BCUT2D eigenvalue weighted by atomic mass is 35.5. The first-order valence-electron chi connectivity index (χ1n) is 7.94. The molecule has 0 bridgehead atoms. The van der Waals surface area contributed by atoms with Crippen LogP contribution in [0.25, 0.3) is 0 Å². The highest BCUT2D eigenvalue weighted by Crippen LogP contribution is 2.22. The molecule has 0 aliphatic carbocycles. The standard InChI is InChI=1S/C18H15ClN4O4/c19-16-4-2-1-3-12(16)10-22-11-14(9-21-22)18(25)20-8-13-7-15(23(26)27)5-6-17(13)24/h1-7,9,11,24H,8,10H2,(H,20,25). The van der Waals surface area contributed by atoms with Gasteiger partial charge in [0.1, 0.15) is 5.75 Å². The molecule has 0 radical (unpaired) electrons. The maximum Gasteiger partial charge on any atom is 0.270 e. The molecule has 3 aromatic rings. The van der Waals surface area contributed by atoms with Crippen molar-refractivity contribution in [2.45, 2.75) is 13.1 Å². The number of carbonyl (C=O) groups excluding carboxylic acids is 1. The van der Waals surface area contributed by atoms with Crippen LogP contribution in [-0.4, -0.2) is 25.7 Å². The quantitative estimate of drug-likeness (QED) is 0.499. The lowest BCUT2D eigenvalue weighted by Gasteiger charge is -2.06. The van der Waals surface area contributed by atoms with Crippen LogP contribution in [0.1, 0.15) is 21.5 Å². The van der Waals surface area contributed by atoms with Gasteiger partial charge in [-0.3, -0.25) is 19.6 Å². The van der Waals surface area contributed by atoms with Crippen molar-refractivity contribution in [3.8, 4) is 5.75 Å². The predicted octanol–water partition coefficient (Wildman–Crippen LogP) is 3.13. The Labute approximate surface area is 159 Å². The van der Waals surface area contributed by atoms with Crippen LogP contribution in [0.5, 0.6) is 5.75 Å². The summed E-state index contributed by atoms with van der Waals surface area (Å²) in [7, 11) is 0. The van der Waals surface area contributed by atoms with Gasteiger partial charge in [0, 0.05) is 35.5 Å². The number of phenolic OH excluding ortho intramolecular Hbond substituents is 1. The summed E-state index contributed by atoms with van der Waals surface area (Å²) in [4.78, 5) is 22.5. The van der Waals surface area contributed by atoms with Gasteiger partial charge in [-0.25, -0.2) is 0 Å². The van der Waals surface area contributed by atoms with Gasteiger partial charge in [-0.1, -0.05) is 29.8 Å². The molecule has 0 aliphatic heterocycles. The fourth-order valence-corrected chi connectivity index (χ4v) is 2.67. The van der Waals surface area contributed by atoms with Crippen molar-refractivity contribution in [1.29, 1.82) is 0 Å². The molecule has 0 unspecified atom stereocenters. The van der Waals surface area contributed by atoms with Crippen molar-refractivity contribution < 1.29 is 14.8 Å². The minimum atomic E-state index is -0.566. The average Bonchev–Trinajstić information content (AvgIpc) is 3.11. The Hall–Kier alpha value is -3.39. The summed E-state index contributed by atoms with van der Waals surface area (Å²) in [5, 5.41) is 28.0. The second-order valence-corrected chi connectivity index (χ2v) is 6.18. The van der Waals surface area contributed by atoms with E-state index in [4.69, 9.17) is 11.6 Å². The van der Waals surface area contributed by atoms with E-state index in [0.717, 1.165) is 5.56 Å². The summed E-state index contributed by atoms with van der Waals surface area (Å²) in [6.07, 6.45) is 2.99. The number of hydrogen-bond acceptors (Lipinski definition) is 5. The minimum Gasteiger partial charge on any atom is -0.508 e. The molecule has 1 heterocycles. The van der Waals surface area contributed by atoms with Crippen molar-refractivity contribution in [1.82, 2.24) is 15.1 Å². The van der Waals surface area contributed by atoms with E-state index >= 15 is 0 Å². The van der Waals surface area contributed by atoms with Gasteiger partial charge in [0.05, 0.1) is 23.2 Å². The third-order valence-electron chi connectivity index (χ3n) is 3.90. The summed E-state index contributed by atoms with van der Waals surface area (Å²) < 4.78 is 1.58. The number of rotatable bonds is 6. The third kappa shape index (κ3) is 4.42. The number of nitro groups is 1. The van der Waals surface area contributed by atoms with Crippen LogP contribution in [-0.2, 0) is 13.1 Å². The Balaban J connectivity index is 1.66. The minimum absolute atomic E-state index is 0.0535. The Bertz CT molecular complexity index is 1000. The van der Waals surface area contributed by atoms with E-state index in [1.54, 1.807) is 16.9 Å². The lowest BCUT2D eigenvalue weighted by molar-refractivity contribution is -0.384. The van der Waals surface area contributed by atoms with E-state index < -0.39 is 10.8 Å². The normalized spacial score (nSPS) is 10.6. The Kier molecular flexibility index (Phi) is 5.37. The van der Waals surface area contributed by atoms with Gasteiger partial charge in [0.25, 0.3) is 11.6 Å². The summed E-state index contributed by atoms with van der Waals surface area (Å²) in [6, 6.07) is 11.0. The van der Waals surface area contributed by atoms with Crippen LogP contribution in [0.3, 0.4) is 0 Å². The molecular weight excluding hydrogens is 372 g/mol. The van der Waals surface area contributed by atoms with Gasteiger partial charge in [-0.2, -0.15) is 5.10 Å². The first kappa shape index (κ1) is 18.4. The summed E-state index contributed by atoms with van der Waals surface area (Å²) in [5.41, 5.74) is 1.29. The lowest BCUT2D eigenvalue weighted by atomic mass is 10.1. The van der Waals surface area contributed by atoms with Gasteiger partial charge in [-0.05, 0) is 17.7 Å². The number of benzene rings is 2. The molecule has 0 saturated heterocycles. The van der Waals surface area contributed by atoms with E-state index in [-0.39, 0.29) is 23.5 Å². The molecule has 0 aliphatic rings. The molecule has 0 atom stereocenters. The van der Waals surface area contributed by atoms with E-state index in [0.29, 0.717) is 17.1 Å². The number of non-ortho nitro benzene ring substituents is 1. The van der Waals surface area contributed by atoms with Crippen molar-refractivity contribution in [3.63, 3.8) is 0 Å². The van der Waals surface area contributed by atoms with Gasteiger partial charge >= 0.3 is 0 Å². The maximum absolute atomic E-state index is 12.3. The van der Waals surface area contributed by atoms with Gasteiger partial charge < -0.3 is 10.4 Å². The molecule has 27 heavy (non-hydrogen) atoms. The maximum atomic E-state index is 12.3. The third-order valence-corrected chi connectivity index (χ3v) is 4.27. The molecule has 1 aromatic heterocycles. The summed E-state index contributed by atoms with van der Waals surface area (Å²) >= 11 is 6.12. The highest BCUT2D eigenvalue weighted by molar-refractivity contribution is 6.31. The van der Waals surface area contributed by atoms with Gasteiger partial charge in [0.15, 0.2) is 0 Å². The molecule has 8 nitrogen and oxygen atoms in total. The van der Waals surface area contributed by atoms with E-state index in [2.05, 4.69) is 10.4 Å². The largest absolute Gasteiger partial charge is 0.508 e. The number of halogens is 1. The number of hydrogen-bond donors (Lipinski definition) is 2. The number of phenols is 1. The fourth-order valence-electron chi connectivity index (χ4n) is 2.47. The first-order chi connectivity index (χ1) is 12.9. The molecule has 0 fully saturated rings. The fraction of sp³-hybridized carbons (Fsp3) is 0.111. The molecule has 3 rings (SSSR count). The number of nitro benzene ring substituents is 1. The van der Waals surface area contributed by atoms with Gasteiger partial charge in [-0.15, -0.1) is 0 Å². The molecule has 0 spiro atoms. The molecule has 9 heteroatoms.